The van der Waals surface area contributed by atoms with E-state index in [0.717, 1.165) is 12.1 Å². The van der Waals surface area contributed by atoms with E-state index in [9.17, 15) is 14.7 Å². The van der Waals surface area contributed by atoms with Crippen LogP contribution in [0.4, 0.5) is 10.5 Å². The van der Waals surface area contributed by atoms with Gasteiger partial charge in [-0.25, -0.2) is 4.79 Å². The largest absolute Gasteiger partial charge is 0.488 e. The van der Waals surface area contributed by atoms with Crippen molar-refractivity contribution < 1.29 is 19.4 Å². The monoisotopic (exact) mass is 483 g/mol. The molecule has 0 spiro atoms. The van der Waals surface area contributed by atoms with Crippen LogP contribution in [0.15, 0.2) is 42.7 Å². The summed E-state index contributed by atoms with van der Waals surface area (Å²) in [6.45, 7) is 8.04. The maximum atomic E-state index is 13.3. The summed E-state index contributed by atoms with van der Waals surface area (Å²) in [6, 6.07) is 8.77. The number of rotatable bonds is 8. The fourth-order valence-electron chi connectivity index (χ4n) is 4.23. The average molecular weight is 484 g/mol. The van der Waals surface area contributed by atoms with Crippen LogP contribution < -0.4 is 15.4 Å². The van der Waals surface area contributed by atoms with Crippen molar-refractivity contribution in [3.8, 4) is 5.75 Å². The van der Waals surface area contributed by atoms with Crippen LogP contribution in [0, 0.1) is 5.92 Å². The van der Waals surface area contributed by atoms with Gasteiger partial charge in [0.05, 0.1) is 19.1 Å². The number of aliphatic hydroxyl groups is 1. The Morgan fingerprint density at radius 1 is 1.31 bits per heavy atom. The molecule has 3 amide bonds. The van der Waals surface area contributed by atoms with Crippen molar-refractivity contribution in [3.63, 3.8) is 0 Å². The van der Waals surface area contributed by atoms with Crippen molar-refractivity contribution in [3.05, 3.63) is 53.9 Å². The van der Waals surface area contributed by atoms with Gasteiger partial charge in [-0.05, 0) is 56.8 Å². The Labute approximate surface area is 207 Å². The number of likely N-dealkylation sites (N-methyl/N-ethyl adjacent to an activating group) is 1. The predicted octanol–water partition coefficient (Wildman–Crippen LogP) is 2.50. The quantitative estimate of drug-likeness (QED) is 0.533. The number of amides is 3. The standard InChI is InChI=1S/C26H37N5O4/c1-5-28-26(34)29-22-6-7-23-21(12-22)13-25(33)31(19(3)17-32)14-18(2)24(35-23)16-30(4)15-20-8-10-27-11-9-20/h6-12,18-19,24,32H,5,13-17H2,1-4H3,(H2,28,29,34)/t18?,19-,24-/m0/s1. The summed E-state index contributed by atoms with van der Waals surface area (Å²) >= 11 is 0. The van der Waals surface area contributed by atoms with Gasteiger partial charge in [-0.2, -0.15) is 0 Å². The Morgan fingerprint density at radius 3 is 2.74 bits per heavy atom. The van der Waals surface area contributed by atoms with Gasteiger partial charge in [0, 0.05) is 55.7 Å². The molecule has 0 fully saturated rings. The second-order valence-corrected chi connectivity index (χ2v) is 9.25. The minimum Gasteiger partial charge on any atom is -0.488 e. The molecule has 0 radical (unpaired) electrons. The van der Waals surface area contributed by atoms with Gasteiger partial charge in [0.25, 0.3) is 0 Å². The first-order valence-corrected chi connectivity index (χ1v) is 12.1. The topological polar surface area (TPSA) is 107 Å². The van der Waals surface area contributed by atoms with Crippen LogP contribution in [0.25, 0.3) is 0 Å². The number of nitrogens with one attached hydrogen (secondary N) is 2. The van der Waals surface area contributed by atoms with Crippen molar-refractivity contribution in [2.45, 2.75) is 45.9 Å². The molecule has 1 aliphatic rings. The van der Waals surface area contributed by atoms with Crippen LogP contribution in [0.1, 0.15) is 31.9 Å². The van der Waals surface area contributed by atoms with E-state index in [-0.39, 0.29) is 43.0 Å². The molecule has 1 aromatic carbocycles. The lowest BCUT2D eigenvalue weighted by Crippen LogP contribution is -2.47. The number of nitrogens with zero attached hydrogens (tertiary/aromatic N) is 3. The highest BCUT2D eigenvalue weighted by atomic mass is 16.5. The van der Waals surface area contributed by atoms with Crippen LogP contribution in [0.2, 0.25) is 0 Å². The third-order valence-electron chi connectivity index (χ3n) is 6.21. The number of pyridine rings is 1. The molecule has 0 bridgehead atoms. The lowest BCUT2D eigenvalue weighted by Gasteiger charge is -2.34. The highest BCUT2D eigenvalue weighted by Crippen LogP contribution is 2.29. The van der Waals surface area contributed by atoms with Crippen molar-refractivity contribution in [1.82, 2.24) is 20.1 Å². The van der Waals surface area contributed by atoms with Gasteiger partial charge < -0.3 is 25.4 Å². The molecular weight excluding hydrogens is 446 g/mol. The van der Waals surface area contributed by atoms with Crippen LogP contribution >= 0.6 is 0 Å². The van der Waals surface area contributed by atoms with Crippen LogP contribution in [0.3, 0.4) is 0 Å². The zero-order valence-corrected chi connectivity index (χ0v) is 21.0. The van der Waals surface area contributed by atoms with E-state index in [1.165, 1.54) is 0 Å². The maximum absolute atomic E-state index is 13.3. The van der Waals surface area contributed by atoms with Crippen LogP contribution in [-0.4, -0.2) is 77.3 Å². The molecule has 3 N–H and O–H groups in total. The third kappa shape index (κ3) is 7.40. The Morgan fingerprint density at radius 2 is 2.06 bits per heavy atom. The predicted molar refractivity (Wildman–Crippen MR) is 135 cm³/mol. The zero-order valence-electron chi connectivity index (χ0n) is 21.0. The third-order valence-corrected chi connectivity index (χ3v) is 6.21. The SMILES string of the molecule is CCNC(=O)Nc1ccc2c(c1)CC(=O)N([C@@H](C)CO)CC(C)[C@H](CN(C)Cc1ccncc1)O2. The highest BCUT2D eigenvalue weighted by molar-refractivity contribution is 5.89. The minimum absolute atomic E-state index is 0.0203. The number of benzene rings is 1. The molecular formula is C26H37N5O4. The van der Waals surface area contributed by atoms with Crippen LogP contribution in [0.5, 0.6) is 5.75 Å². The fourth-order valence-corrected chi connectivity index (χ4v) is 4.23. The van der Waals surface area contributed by atoms with Crippen LogP contribution in [-0.2, 0) is 17.8 Å². The number of aromatic nitrogens is 1. The normalized spacial score (nSPS) is 19.1. The maximum Gasteiger partial charge on any atom is 0.319 e. The van der Waals surface area contributed by atoms with E-state index in [1.807, 2.05) is 39.1 Å². The lowest BCUT2D eigenvalue weighted by atomic mass is 10.0. The van der Waals surface area contributed by atoms with Gasteiger partial charge in [-0.3, -0.25) is 14.7 Å². The van der Waals surface area contributed by atoms with Gasteiger partial charge >= 0.3 is 6.03 Å². The number of aliphatic hydroxyl groups excluding tert-OH is 1. The summed E-state index contributed by atoms with van der Waals surface area (Å²) in [5.41, 5.74) is 2.45. The van der Waals surface area contributed by atoms with Crippen molar-refractivity contribution in [2.24, 2.45) is 5.92 Å². The molecule has 1 aromatic heterocycles. The van der Waals surface area contributed by atoms with Gasteiger partial charge in [0.2, 0.25) is 5.91 Å². The Bertz CT molecular complexity index is 987. The number of carbonyl (C=O) groups is 2. The smallest absolute Gasteiger partial charge is 0.319 e. The summed E-state index contributed by atoms with van der Waals surface area (Å²) in [5.74, 6) is 0.573. The lowest BCUT2D eigenvalue weighted by molar-refractivity contribution is -0.134. The van der Waals surface area contributed by atoms with E-state index in [2.05, 4.69) is 27.4 Å². The van der Waals surface area contributed by atoms with E-state index in [4.69, 9.17) is 4.74 Å². The van der Waals surface area contributed by atoms with Crippen molar-refractivity contribution in [1.29, 1.82) is 0 Å². The number of anilines is 1. The highest BCUT2D eigenvalue weighted by Gasteiger charge is 2.31. The number of carbonyl (C=O) groups excluding carboxylic acids is 2. The second-order valence-electron chi connectivity index (χ2n) is 9.25. The molecule has 1 unspecified atom stereocenters. The first-order valence-electron chi connectivity index (χ1n) is 12.1. The Hall–Kier alpha value is -3.17. The average Bonchev–Trinajstić information content (AvgIpc) is 2.87. The molecule has 0 saturated heterocycles. The van der Waals surface area contributed by atoms with E-state index >= 15 is 0 Å². The molecule has 0 aliphatic carbocycles. The van der Waals surface area contributed by atoms with Gasteiger partial charge in [0.1, 0.15) is 11.9 Å². The Kier molecular flexibility index (Phi) is 9.45. The van der Waals surface area contributed by atoms with E-state index in [1.54, 1.807) is 29.4 Å². The number of fused-ring (bicyclic) bond motifs is 1. The molecule has 0 saturated carbocycles. The van der Waals surface area contributed by atoms with Gasteiger partial charge in [-0.15, -0.1) is 0 Å². The Balaban J connectivity index is 1.88. The first-order chi connectivity index (χ1) is 16.8. The van der Waals surface area contributed by atoms with E-state index in [0.29, 0.717) is 36.6 Å². The summed E-state index contributed by atoms with van der Waals surface area (Å²) < 4.78 is 6.53. The fraction of sp³-hybridized carbons (Fsp3) is 0.500. The molecule has 9 heteroatoms. The number of hydrogen-bond acceptors (Lipinski definition) is 6. The molecule has 2 aromatic rings. The number of hydrogen-bond donors (Lipinski definition) is 3. The van der Waals surface area contributed by atoms with Crippen molar-refractivity contribution in [2.75, 3.05) is 38.6 Å². The van der Waals surface area contributed by atoms with Gasteiger partial charge in [0.15, 0.2) is 0 Å². The molecule has 35 heavy (non-hydrogen) atoms. The molecule has 2 heterocycles. The molecule has 190 valence electrons. The first kappa shape index (κ1) is 26.4. The summed E-state index contributed by atoms with van der Waals surface area (Å²) in [7, 11) is 2.04. The molecule has 3 rings (SSSR count). The summed E-state index contributed by atoms with van der Waals surface area (Å²) in [5, 5.41) is 15.3. The molecule has 3 atom stereocenters. The minimum atomic E-state index is -0.307. The summed E-state index contributed by atoms with van der Waals surface area (Å²) in [4.78, 5) is 33.3. The summed E-state index contributed by atoms with van der Waals surface area (Å²) in [6.07, 6.45) is 3.49. The molecule has 1 aliphatic heterocycles. The number of ether oxygens (including phenoxy) is 1. The second kappa shape index (κ2) is 12.5. The van der Waals surface area contributed by atoms with Gasteiger partial charge in [-0.1, -0.05) is 6.92 Å². The number of urea groups is 1. The van der Waals surface area contributed by atoms with Crippen molar-refractivity contribution >= 4 is 17.6 Å². The zero-order chi connectivity index (χ0) is 25.4. The molecule has 9 nitrogen and oxygen atoms in total. The van der Waals surface area contributed by atoms with E-state index < -0.39 is 0 Å².